The van der Waals surface area contributed by atoms with Crippen LogP contribution in [0.4, 0.5) is 17.3 Å². The predicted octanol–water partition coefficient (Wildman–Crippen LogP) is -1.02. The quantitative estimate of drug-likeness (QED) is 0.411. The van der Waals surface area contributed by atoms with Crippen molar-refractivity contribution in [2.24, 2.45) is 5.92 Å². The van der Waals surface area contributed by atoms with E-state index in [1.54, 1.807) is 0 Å². The molecule has 1 amide bonds. The fraction of sp³-hybridized carbons (Fsp3) is 0.444. The molecule has 0 saturated carbocycles. The number of nitrogens with two attached hydrogens (primary N) is 2. The lowest BCUT2D eigenvalue weighted by atomic mass is 10.2. The molecule has 13 nitrogen and oxygen atoms in total. The van der Waals surface area contributed by atoms with E-state index in [-0.39, 0.29) is 48.6 Å². The monoisotopic (exact) mass is 435 g/mol. The third-order valence-electron chi connectivity index (χ3n) is 4.10. The van der Waals surface area contributed by atoms with Crippen LogP contribution in [-0.4, -0.2) is 58.3 Å². The molecule has 2 heterocycles. The van der Waals surface area contributed by atoms with Gasteiger partial charge in [0.1, 0.15) is 5.82 Å². The second-order valence-electron chi connectivity index (χ2n) is 6.90. The van der Waals surface area contributed by atoms with Gasteiger partial charge in [-0.25, -0.2) is 19.6 Å². The van der Waals surface area contributed by atoms with Crippen molar-refractivity contribution < 1.29 is 19.1 Å². The molecule has 2 aromatic rings. The summed E-state index contributed by atoms with van der Waals surface area (Å²) in [7, 11) is 1.41. The largest absolute Gasteiger partial charge is 0.451 e. The highest BCUT2D eigenvalue weighted by atomic mass is 16.5. The summed E-state index contributed by atoms with van der Waals surface area (Å²) in [5, 5.41) is 0. The number of esters is 1. The van der Waals surface area contributed by atoms with Crippen LogP contribution in [0.5, 0.6) is 0 Å². The van der Waals surface area contributed by atoms with Gasteiger partial charge in [0.15, 0.2) is 23.8 Å². The average molecular weight is 435 g/mol. The highest BCUT2D eigenvalue weighted by Gasteiger charge is 2.26. The third-order valence-corrected chi connectivity index (χ3v) is 4.10. The lowest BCUT2D eigenvalue weighted by molar-refractivity contribution is -0.121. The summed E-state index contributed by atoms with van der Waals surface area (Å²) in [4.78, 5) is 60.3. The zero-order valence-corrected chi connectivity index (χ0v) is 17.5. The van der Waals surface area contributed by atoms with Crippen molar-refractivity contribution in [1.82, 2.24) is 19.5 Å². The Bertz CT molecular complexity index is 1060. The van der Waals surface area contributed by atoms with Gasteiger partial charge in [-0.15, -0.1) is 0 Å². The van der Waals surface area contributed by atoms with Gasteiger partial charge in [-0.05, 0) is 5.92 Å². The van der Waals surface area contributed by atoms with Crippen molar-refractivity contribution in [3.05, 3.63) is 38.9 Å². The summed E-state index contributed by atoms with van der Waals surface area (Å²) in [5.74, 6) is -2.02. The van der Waals surface area contributed by atoms with Crippen molar-refractivity contribution in [3.8, 4) is 0 Å². The maximum absolute atomic E-state index is 12.8. The Labute approximate surface area is 177 Å². The molecule has 2 rings (SSSR count). The maximum Gasteiger partial charge on any atom is 0.361 e. The van der Waals surface area contributed by atoms with E-state index >= 15 is 0 Å². The molecule has 0 aliphatic heterocycles. The molecule has 0 fully saturated rings. The first kappa shape index (κ1) is 23.5. The first-order chi connectivity index (χ1) is 14.7. The molecule has 2 aromatic heterocycles. The molecule has 5 N–H and O–H groups in total. The molecule has 31 heavy (non-hydrogen) atoms. The topological polar surface area (TPSA) is 189 Å². The number of carbonyl (C=O) groups is 2. The Morgan fingerprint density at radius 3 is 2.52 bits per heavy atom. The van der Waals surface area contributed by atoms with Crippen LogP contribution in [0.3, 0.4) is 0 Å². The van der Waals surface area contributed by atoms with E-state index in [1.807, 2.05) is 13.8 Å². The number of nitrogens with zero attached hydrogens (tertiary/aromatic N) is 4. The molecular formula is C18H25N7O6. The smallest absolute Gasteiger partial charge is 0.361 e. The zero-order valence-electron chi connectivity index (χ0n) is 17.5. The number of aromatic nitrogens is 4. The summed E-state index contributed by atoms with van der Waals surface area (Å²) in [6.07, 6.45) is 2.54. The number of hydrogen-bond donors (Lipinski definition) is 3. The molecule has 0 spiro atoms. The van der Waals surface area contributed by atoms with Crippen molar-refractivity contribution in [1.29, 1.82) is 0 Å². The Morgan fingerprint density at radius 2 is 1.90 bits per heavy atom. The predicted molar refractivity (Wildman–Crippen MR) is 112 cm³/mol. The van der Waals surface area contributed by atoms with E-state index < -0.39 is 29.7 Å². The van der Waals surface area contributed by atoms with Crippen LogP contribution < -0.4 is 27.6 Å². The van der Waals surface area contributed by atoms with Crippen molar-refractivity contribution >= 4 is 29.2 Å². The molecule has 0 saturated heterocycles. The molecule has 13 heteroatoms. The number of anilines is 3. The second kappa shape index (κ2) is 10.3. The van der Waals surface area contributed by atoms with Gasteiger partial charge < -0.3 is 20.9 Å². The fourth-order valence-electron chi connectivity index (χ4n) is 2.71. The van der Waals surface area contributed by atoms with Crippen LogP contribution in [-0.2, 0) is 20.8 Å². The van der Waals surface area contributed by atoms with Gasteiger partial charge in [0, 0.05) is 32.6 Å². The molecule has 0 aliphatic rings. The summed E-state index contributed by atoms with van der Waals surface area (Å²) in [6, 6.07) is 0. The molecular weight excluding hydrogens is 410 g/mol. The van der Waals surface area contributed by atoms with Gasteiger partial charge in [-0.3, -0.25) is 24.0 Å². The van der Waals surface area contributed by atoms with Gasteiger partial charge in [0.05, 0.1) is 6.61 Å². The summed E-state index contributed by atoms with van der Waals surface area (Å²) in [6.45, 7) is 3.19. The highest BCUT2D eigenvalue weighted by molar-refractivity contribution is 5.99. The number of nitrogens with one attached hydrogen (secondary N) is 1. The summed E-state index contributed by atoms with van der Waals surface area (Å²) in [5.41, 5.74) is 9.62. The van der Waals surface area contributed by atoms with Crippen LogP contribution in [0, 0.1) is 5.92 Å². The van der Waals surface area contributed by atoms with E-state index in [0.717, 1.165) is 4.90 Å². The van der Waals surface area contributed by atoms with E-state index in [2.05, 4.69) is 15.0 Å². The van der Waals surface area contributed by atoms with Gasteiger partial charge in [0.2, 0.25) is 0 Å². The van der Waals surface area contributed by atoms with E-state index in [9.17, 15) is 19.2 Å². The number of aromatic amines is 1. The average Bonchev–Trinajstić information content (AvgIpc) is 2.71. The minimum atomic E-state index is -0.961. The third kappa shape index (κ3) is 5.66. The second-order valence-corrected chi connectivity index (χ2v) is 6.90. The van der Waals surface area contributed by atoms with Gasteiger partial charge >= 0.3 is 11.7 Å². The van der Waals surface area contributed by atoms with E-state index in [1.165, 1.54) is 24.1 Å². The summed E-state index contributed by atoms with van der Waals surface area (Å²) < 4.78 is 11.1. The Hall–Kier alpha value is -3.74. The molecule has 0 unspecified atom stereocenters. The number of nitrogen functional groups attached to an aromatic ring is 2. The number of H-pyrrole nitrogens is 1. The first-order valence-electron chi connectivity index (χ1n) is 9.32. The molecule has 0 atom stereocenters. The van der Waals surface area contributed by atoms with Crippen molar-refractivity contribution in [2.45, 2.75) is 20.4 Å². The minimum absolute atomic E-state index is 0.0419. The van der Waals surface area contributed by atoms with Crippen LogP contribution in [0.25, 0.3) is 0 Å². The summed E-state index contributed by atoms with van der Waals surface area (Å²) >= 11 is 0. The fourth-order valence-corrected chi connectivity index (χ4v) is 2.71. The van der Waals surface area contributed by atoms with Crippen molar-refractivity contribution in [2.75, 3.05) is 43.2 Å². The number of carbonyl (C=O) groups excluding carboxylic acids is 2. The first-order valence-corrected chi connectivity index (χ1v) is 9.32. The zero-order chi connectivity index (χ0) is 23.1. The standard InChI is InChI=1S/C18H25N7O6/c1-10(2)8-25-15(20)13(16(27)23-18(25)29)24(6-7-30-3)11(26)9-31-17(28)12-14(19)22-5-4-21-12/h4-5,10H,6-9,20H2,1-3H3,(H2,19,22)(H,23,27,29). The van der Waals surface area contributed by atoms with Gasteiger partial charge in [-0.1, -0.05) is 13.8 Å². The van der Waals surface area contributed by atoms with Crippen LogP contribution in [0.2, 0.25) is 0 Å². The normalized spacial score (nSPS) is 10.8. The van der Waals surface area contributed by atoms with Crippen LogP contribution in [0.1, 0.15) is 24.3 Å². The highest BCUT2D eigenvalue weighted by Crippen LogP contribution is 2.18. The number of rotatable bonds is 9. The number of hydrogen-bond acceptors (Lipinski definition) is 10. The van der Waals surface area contributed by atoms with Crippen LogP contribution in [0.15, 0.2) is 22.0 Å². The lowest BCUT2D eigenvalue weighted by Crippen LogP contribution is -2.44. The van der Waals surface area contributed by atoms with Gasteiger partial charge in [-0.2, -0.15) is 0 Å². The van der Waals surface area contributed by atoms with E-state index in [0.29, 0.717) is 0 Å². The molecule has 0 aliphatic carbocycles. The molecule has 0 bridgehead atoms. The molecule has 0 radical (unpaired) electrons. The lowest BCUT2D eigenvalue weighted by Gasteiger charge is -2.24. The molecule has 0 aromatic carbocycles. The number of amides is 1. The maximum atomic E-state index is 12.8. The van der Waals surface area contributed by atoms with E-state index in [4.69, 9.17) is 20.9 Å². The molecule has 168 valence electrons. The number of ether oxygens (including phenoxy) is 2. The SMILES string of the molecule is COCCN(C(=O)COC(=O)c1nccnc1N)c1c(N)n(CC(C)C)c(=O)[nH]c1=O. The Kier molecular flexibility index (Phi) is 7.85. The Balaban J connectivity index is 2.34. The number of methoxy groups -OCH3 is 1. The van der Waals surface area contributed by atoms with Crippen molar-refractivity contribution in [3.63, 3.8) is 0 Å². The van der Waals surface area contributed by atoms with Gasteiger partial charge in [0.25, 0.3) is 11.5 Å². The Morgan fingerprint density at radius 1 is 1.23 bits per heavy atom. The minimum Gasteiger partial charge on any atom is -0.451 e. The van der Waals surface area contributed by atoms with Crippen LogP contribution >= 0.6 is 0 Å².